The van der Waals surface area contributed by atoms with Crippen LogP contribution < -0.4 is 19.7 Å². The summed E-state index contributed by atoms with van der Waals surface area (Å²) in [6, 6.07) is 13.2. The smallest absolute Gasteiger partial charge is 0.238 e. The van der Waals surface area contributed by atoms with Crippen LogP contribution in [0.4, 0.5) is 11.4 Å². The Labute approximate surface area is 171 Å². The third kappa shape index (κ3) is 4.88. The number of anilines is 2. The first-order chi connectivity index (χ1) is 13.5. The SMILES string of the molecule is CCN1CC(CN(C)CC(=O)Nc2cc(Cl)ccc2OC)Oc2ccccc21. The molecule has 1 atom stereocenters. The van der Waals surface area contributed by atoms with E-state index >= 15 is 0 Å². The van der Waals surface area contributed by atoms with E-state index in [1.54, 1.807) is 25.3 Å². The lowest BCUT2D eigenvalue weighted by Gasteiger charge is -2.37. The number of halogens is 1. The molecule has 3 rings (SSSR count). The third-order valence-electron chi connectivity index (χ3n) is 4.67. The van der Waals surface area contributed by atoms with Crippen molar-refractivity contribution in [3.8, 4) is 11.5 Å². The van der Waals surface area contributed by atoms with Gasteiger partial charge in [-0.1, -0.05) is 23.7 Å². The van der Waals surface area contributed by atoms with Crippen LogP contribution in [-0.2, 0) is 4.79 Å². The van der Waals surface area contributed by atoms with Crippen LogP contribution in [0, 0.1) is 0 Å². The summed E-state index contributed by atoms with van der Waals surface area (Å²) in [5.74, 6) is 1.33. The summed E-state index contributed by atoms with van der Waals surface area (Å²) in [5.41, 5.74) is 1.68. The summed E-state index contributed by atoms with van der Waals surface area (Å²) in [6.07, 6.45) is -0.00615. The molecule has 0 aromatic heterocycles. The third-order valence-corrected chi connectivity index (χ3v) is 4.90. The summed E-state index contributed by atoms with van der Waals surface area (Å²) in [7, 11) is 3.47. The van der Waals surface area contributed by atoms with E-state index in [1.165, 1.54) is 0 Å². The van der Waals surface area contributed by atoms with Crippen LogP contribution in [0.3, 0.4) is 0 Å². The van der Waals surface area contributed by atoms with Gasteiger partial charge < -0.3 is 19.7 Å². The van der Waals surface area contributed by atoms with Gasteiger partial charge in [0.05, 0.1) is 31.6 Å². The molecule has 28 heavy (non-hydrogen) atoms. The number of amides is 1. The van der Waals surface area contributed by atoms with Crippen molar-refractivity contribution in [2.75, 3.05) is 50.6 Å². The van der Waals surface area contributed by atoms with Gasteiger partial charge in [0.2, 0.25) is 5.91 Å². The molecule has 0 saturated carbocycles. The second-order valence-corrected chi connectivity index (χ2v) is 7.27. The predicted octanol–water partition coefficient (Wildman–Crippen LogP) is 3.51. The normalized spacial score (nSPS) is 15.8. The number of likely N-dealkylation sites (N-methyl/N-ethyl adjacent to an activating group) is 2. The van der Waals surface area contributed by atoms with Crippen LogP contribution in [0.5, 0.6) is 11.5 Å². The Kier molecular flexibility index (Phi) is 6.65. The number of hydrogen-bond donors (Lipinski definition) is 1. The highest BCUT2D eigenvalue weighted by Gasteiger charge is 2.26. The highest BCUT2D eigenvalue weighted by Crippen LogP contribution is 2.33. The molecule has 150 valence electrons. The van der Waals surface area contributed by atoms with Gasteiger partial charge in [-0.05, 0) is 44.3 Å². The quantitative estimate of drug-likeness (QED) is 0.766. The van der Waals surface area contributed by atoms with Gasteiger partial charge in [-0.25, -0.2) is 0 Å². The zero-order valence-electron chi connectivity index (χ0n) is 16.4. The summed E-state index contributed by atoms with van der Waals surface area (Å²) in [4.78, 5) is 16.7. The predicted molar refractivity (Wildman–Crippen MR) is 113 cm³/mol. The summed E-state index contributed by atoms with van der Waals surface area (Å²) < 4.78 is 11.4. The van der Waals surface area contributed by atoms with Crippen LogP contribution in [0.25, 0.3) is 0 Å². The highest BCUT2D eigenvalue weighted by atomic mass is 35.5. The number of para-hydroxylation sites is 2. The fourth-order valence-corrected chi connectivity index (χ4v) is 3.57. The minimum atomic E-state index is -0.133. The molecule has 0 radical (unpaired) electrons. The number of carbonyl (C=O) groups is 1. The average Bonchev–Trinajstić information content (AvgIpc) is 2.67. The monoisotopic (exact) mass is 403 g/mol. The molecule has 0 fully saturated rings. The van der Waals surface area contributed by atoms with Crippen molar-refractivity contribution in [3.05, 3.63) is 47.5 Å². The van der Waals surface area contributed by atoms with Crippen molar-refractivity contribution in [3.63, 3.8) is 0 Å². The first-order valence-electron chi connectivity index (χ1n) is 9.32. The van der Waals surface area contributed by atoms with E-state index in [0.29, 0.717) is 23.0 Å². The molecule has 0 spiro atoms. The number of nitrogens with zero attached hydrogens (tertiary/aromatic N) is 2. The van der Waals surface area contributed by atoms with Gasteiger partial charge in [0.1, 0.15) is 17.6 Å². The Balaban J connectivity index is 1.58. The number of rotatable bonds is 7. The number of fused-ring (bicyclic) bond motifs is 1. The van der Waals surface area contributed by atoms with Crippen LogP contribution in [0.2, 0.25) is 5.02 Å². The number of nitrogens with one attached hydrogen (secondary N) is 1. The lowest BCUT2D eigenvalue weighted by atomic mass is 10.2. The molecule has 6 nitrogen and oxygen atoms in total. The van der Waals surface area contributed by atoms with E-state index in [9.17, 15) is 4.79 Å². The number of benzene rings is 2. The van der Waals surface area contributed by atoms with Crippen LogP contribution in [0.1, 0.15) is 6.92 Å². The molecule has 7 heteroatoms. The van der Waals surface area contributed by atoms with Gasteiger partial charge in [-0.3, -0.25) is 9.69 Å². The van der Waals surface area contributed by atoms with Crippen molar-refractivity contribution in [2.45, 2.75) is 13.0 Å². The van der Waals surface area contributed by atoms with Gasteiger partial charge in [0, 0.05) is 18.1 Å². The van der Waals surface area contributed by atoms with Crippen LogP contribution in [0.15, 0.2) is 42.5 Å². The standard InChI is InChI=1S/C21H26ClN3O3/c1-4-25-13-16(28-20-8-6-5-7-18(20)25)12-24(2)14-21(26)23-17-11-15(22)9-10-19(17)27-3/h5-11,16H,4,12-14H2,1-3H3,(H,23,26). The topological polar surface area (TPSA) is 54.0 Å². The second kappa shape index (κ2) is 9.17. The maximum absolute atomic E-state index is 12.5. The van der Waals surface area contributed by atoms with E-state index in [-0.39, 0.29) is 18.6 Å². The fourth-order valence-electron chi connectivity index (χ4n) is 3.40. The Morgan fingerprint density at radius 1 is 1.36 bits per heavy atom. The first kappa shape index (κ1) is 20.3. The molecule has 0 bridgehead atoms. The maximum atomic E-state index is 12.5. The lowest BCUT2D eigenvalue weighted by Crippen LogP contribution is -2.46. The molecule has 1 aliphatic rings. The molecular weight excluding hydrogens is 378 g/mol. The molecule has 0 saturated heterocycles. The minimum Gasteiger partial charge on any atom is -0.495 e. The fraction of sp³-hybridized carbons (Fsp3) is 0.381. The van der Waals surface area contributed by atoms with Crippen LogP contribution >= 0.6 is 11.6 Å². The van der Waals surface area contributed by atoms with Crippen molar-refractivity contribution in [1.82, 2.24) is 4.90 Å². The van der Waals surface area contributed by atoms with E-state index in [1.807, 2.05) is 30.1 Å². The summed E-state index contributed by atoms with van der Waals surface area (Å²) in [5, 5.41) is 3.40. The second-order valence-electron chi connectivity index (χ2n) is 6.84. The molecular formula is C21H26ClN3O3. The Hall–Kier alpha value is -2.44. The molecule has 1 heterocycles. The Bertz CT molecular complexity index is 830. The molecule has 1 N–H and O–H groups in total. The molecule has 2 aromatic carbocycles. The van der Waals surface area contributed by atoms with Gasteiger partial charge in [0.15, 0.2) is 0 Å². The average molecular weight is 404 g/mol. The van der Waals surface area contributed by atoms with E-state index < -0.39 is 0 Å². The summed E-state index contributed by atoms with van der Waals surface area (Å²) in [6.45, 7) is 4.72. The maximum Gasteiger partial charge on any atom is 0.238 e. The van der Waals surface area contributed by atoms with Gasteiger partial charge in [0.25, 0.3) is 0 Å². The van der Waals surface area contributed by atoms with Crippen LogP contribution in [-0.4, -0.2) is 57.2 Å². The Morgan fingerprint density at radius 3 is 2.89 bits per heavy atom. The molecule has 1 aliphatic heterocycles. The van der Waals surface area contributed by atoms with E-state index in [2.05, 4.69) is 23.2 Å². The largest absolute Gasteiger partial charge is 0.495 e. The minimum absolute atomic E-state index is 0.00615. The lowest BCUT2D eigenvalue weighted by molar-refractivity contribution is -0.117. The first-order valence-corrected chi connectivity index (χ1v) is 9.70. The summed E-state index contributed by atoms with van der Waals surface area (Å²) >= 11 is 6.02. The van der Waals surface area contributed by atoms with Crippen molar-refractivity contribution >= 4 is 28.9 Å². The zero-order valence-corrected chi connectivity index (χ0v) is 17.2. The molecule has 1 unspecified atom stereocenters. The number of carbonyl (C=O) groups excluding carboxylic acids is 1. The molecule has 1 amide bonds. The van der Waals surface area contributed by atoms with Gasteiger partial charge >= 0.3 is 0 Å². The molecule has 2 aromatic rings. The zero-order chi connectivity index (χ0) is 20.1. The van der Waals surface area contributed by atoms with Crippen molar-refractivity contribution < 1.29 is 14.3 Å². The van der Waals surface area contributed by atoms with Gasteiger partial charge in [-0.2, -0.15) is 0 Å². The van der Waals surface area contributed by atoms with Gasteiger partial charge in [-0.15, -0.1) is 0 Å². The molecule has 0 aliphatic carbocycles. The number of hydrogen-bond acceptors (Lipinski definition) is 5. The number of ether oxygens (including phenoxy) is 2. The number of methoxy groups -OCH3 is 1. The van der Waals surface area contributed by atoms with Crippen molar-refractivity contribution in [2.24, 2.45) is 0 Å². The highest BCUT2D eigenvalue weighted by molar-refractivity contribution is 6.31. The van der Waals surface area contributed by atoms with Crippen molar-refractivity contribution in [1.29, 1.82) is 0 Å². The van der Waals surface area contributed by atoms with E-state index in [0.717, 1.165) is 24.5 Å². The van der Waals surface area contributed by atoms with E-state index in [4.69, 9.17) is 21.1 Å². The Morgan fingerprint density at radius 2 is 2.14 bits per heavy atom.